The number of hydrogen-bond acceptors (Lipinski definition) is 4. The fourth-order valence-electron chi connectivity index (χ4n) is 3.40. The third kappa shape index (κ3) is 3.67. The average molecular weight is 399 g/mol. The number of carbonyl (C=O) groups is 1. The first kappa shape index (κ1) is 19.4. The molecule has 0 radical (unpaired) electrons. The van der Waals surface area contributed by atoms with Crippen LogP contribution in [0, 0.1) is 0 Å². The van der Waals surface area contributed by atoms with Crippen LogP contribution in [0.5, 0.6) is 5.75 Å². The molecule has 2 N–H and O–H groups in total. The van der Waals surface area contributed by atoms with Crippen LogP contribution in [-0.4, -0.2) is 20.6 Å². The number of fused-ring (bicyclic) bond motifs is 1. The number of pyridine rings is 2. The van der Waals surface area contributed by atoms with Gasteiger partial charge in [0.15, 0.2) is 0 Å². The van der Waals surface area contributed by atoms with Crippen LogP contribution in [-0.2, 0) is 13.0 Å². The SMILES string of the molecule is CCc1ccc(NC(=O)c2c(O)c3cccnc3n(Cc3ccccc3)c2=O)cc1. The minimum atomic E-state index is -0.658. The number of aryl methyl sites for hydroxylation is 1. The quantitative estimate of drug-likeness (QED) is 0.532. The molecule has 2 heterocycles. The minimum absolute atomic E-state index is 0.235. The summed E-state index contributed by atoms with van der Waals surface area (Å²) in [7, 11) is 0. The smallest absolute Gasteiger partial charge is 0.269 e. The van der Waals surface area contributed by atoms with E-state index in [1.54, 1.807) is 30.5 Å². The number of nitrogens with zero attached hydrogens (tertiary/aromatic N) is 2. The van der Waals surface area contributed by atoms with Crippen LogP contribution in [0.25, 0.3) is 11.0 Å². The van der Waals surface area contributed by atoms with Crippen LogP contribution in [0.4, 0.5) is 5.69 Å². The number of anilines is 1. The molecule has 0 saturated carbocycles. The molecule has 6 nitrogen and oxygen atoms in total. The highest BCUT2D eigenvalue weighted by Gasteiger charge is 2.23. The summed E-state index contributed by atoms with van der Waals surface area (Å²) < 4.78 is 1.42. The van der Waals surface area contributed by atoms with Crippen molar-refractivity contribution in [1.29, 1.82) is 0 Å². The molecule has 150 valence electrons. The summed E-state index contributed by atoms with van der Waals surface area (Å²) in [6.45, 7) is 2.28. The van der Waals surface area contributed by atoms with Gasteiger partial charge in [-0.1, -0.05) is 49.4 Å². The molecule has 0 aliphatic heterocycles. The second kappa shape index (κ2) is 8.21. The van der Waals surface area contributed by atoms with E-state index in [0.717, 1.165) is 17.5 Å². The van der Waals surface area contributed by atoms with Crippen molar-refractivity contribution in [3.05, 3.63) is 100.0 Å². The van der Waals surface area contributed by atoms with Gasteiger partial charge in [0.2, 0.25) is 0 Å². The van der Waals surface area contributed by atoms with E-state index in [9.17, 15) is 14.7 Å². The average Bonchev–Trinajstić information content (AvgIpc) is 2.78. The summed E-state index contributed by atoms with van der Waals surface area (Å²) in [5.41, 5.74) is 2.01. The van der Waals surface area contributed by atoms with E-state index in [1.165, 1.54) is 4.57 Å². The number of carbonyl (C=O) groups excluding carboxylic acids is 1. The van der Waals surface area contributed by atoms with Crippen molar-refractivity contribution in [1.82, 2.24) is 9.55 Å². The van der Waals surface area contributed by atoms with E-state index < -0.39 is 11.5 Å². The molecular formula is C24H21N3O3. The number of benzene rings is 2. The summed E-state index contributed by atoms with van der Waals surface area (Å²) in [5.74, 6) is -1.02. The zero-order valence-corrected chi connectivity index (χ0v) is 16.5. The van der Waals surface area contributed by atoms with Crippen molar-refractivity contribution >= 4 is 22.6 Å². The lowest BCUT2D eigenvalue weighted by Crippen LogP contribution is -2.30. The van der Waals surface area contributed by atoms with Crippen molar-refractivity contribution < 1.29 is 9.90 Å². The summed E-state index contributed by atoms with van der Waals surface area (Å²) in [6.07, 6.45) is 2.44. The molecule has 0 bridgehead atoms. The van der Waals surface area contributed by atoms with Crippen LogP contribution >= 0.6 is 0 Å². The van der Waals surface area contributed by atoms with Crippen molar-refractivity contribution in [3.63, 3.8) is 0 Å². The van der Waals surface area contributed by atoms with E-state index >= 15 is 0 Å². The first-order valence-corrected chi connectivity index (χ1v) is 9.73. The number of hydrogen-bond donors (Lipinski definition) is 2. The number of aromatic hydroxyl groups is 1. The molecular weight excluding hydrogens is 378 g/mol. The van der Waals surface area contributed by atoms with Gasteiger partial charge in [0.25, 0.3) is 11.5 Å². The Kier molecular flexibility index (Phi) is 5.30. The lowest BCUT2D eigenvalue weighted by Gasteiger charge is -2.14. The van der Waals surface area contributed by atoms with Gasteiger partial charge in [0, 0.05) is 11.9 Å². The highest BCUT2D eigenvalue weighted by molar-refractivity contribution is 6.08. The van der Waals surface area contributed by atoms with Crippen molar-refractivity contribution in [2.75, 3.05) is 5.32 Å². The Balaban J connectivity index is 1.80. The molecule has 30 heavy (non-hydrogen) atoms. The molecule has 4 rings (SSSR count). The van der Waals surface area contributed by atoms with Crippen LogP contribution in [0.2, 0.25) is 0 Å². The van der Waals surface area contributed by atoms with Crippen LogP contribution in [0.3, 0.4) is 0 Å². The van der Waals surface area contributed by atoms with Crippen molar-refractivity contribution in [3.8, 4) is 5.75 Å². The van der Waals surface area contributed by atoms with Gasteiger partial charge in [-0.25, -0.2) is 4.98 Å². The van der Waals surface area contributed by atoms with E-state index in [2.05, 4.69) is 10.3 Å². The lowest BCUT2D eigenvalue weighted by atomic mass is 10.1. The Morgan fingerprint density at radius 3 is 2.43 bits per heavy atom. The molecule has 0 aliphatic carbocycles. The number of aromatic nitrogens is 2. The first-order chi connectivity index (χ1) is 14.6. The van der Waals surface area contributed by atoms with Gasteiger partial charge in [-0.15, -0.1) is 0 Å². The molecule has 0 atom stereocenters. The second-order valence-corrected chi connectivity index (χ2v) is 6.98. The van der Waals surface area contributed by atoms with Gasteiger partial charge in [0.1, 0.15) is 17.0 Å². The molecule has 0 fully saturated rings. The largest absolute Gasteiger partial charge is 0.506 e. The predicted octanol–water partition coefficient (Wildman–Crippen LogP) is 3.97. The Bertz CT molecular complexity index is 1260. The van der Waals surface area contributed by atoms with Crippen LogP contribution < -0.4 is 10.9 Å². The van der Waals surface area contributed by atoms with Gasteiger partial charge in [-0.2, -0.15) is 0 Å². The third-order valence-electron chi connectivity index (χ3n) is 5.02. The second-order valence-electron chi connectivity index (χ2n) is 6.98. The van der Waals surface area contributed by atoms with E-state index in [4.69, 9.17) is 0 Å². The highest BCUT2D eigenvalue weighted by atomic mass is 16.3. The fourth-order valence-corrected chi connectivity index (χ4v) is 3.40. The maximum absolute atomic E-state index is 13.2. The number of amides is 1. The summed E-state index contributed by atoms with van der Waals surface area (Å²) in [5, 5.41) is 13.8. The van der Waals surface area contributed by atoms with E-state index in [1.807, 2.05) is 49.4 Å². The van der Waals surface area contributed by atoms with Gasteiger partial charge >= 0.3 is 0 Å². The molecule has 0 unspecified atom stereocenters. The van der Waals surface area contributed by atoms with Crippen molar-refractivity contribution in [2.24, 2.45) is 0 Å². The maximum Gasteiger partial charge on any atom is 0.269 e. The zero-order valence-electron chi connectivity index (χ0n) is 16.5. The van der Waals surface area contributed by atoms with Gasteiger partial charge in [0.05, 0.1) is 11.9 Å². The maximum atomic E-state index is 13.2. The summed E-state index contributed by atoms with van der Waals surface area (Å²) in [4.78, 5) is 30.5. The third-order valence-corrected chi connectivity index (χ3v) is 5.02. The fraction of sp³-hybridized carbons (Fsp3) is 0.125. The van der Waals surface area contributed by atoms with Gasteiger partial charge in [-0.3, -0.25) is 14.2 Å². The lowest BCUT2D eigenvalue weighted by molar-refractivity contribution is 0.102. The van der Waals surface area contributed by atoms with Crippen molar-refractivity contribution in [2.45, 2.75) is 19.9 Å². The molecule has 6 heteroatoms. The van der Waals surface area contributed by atoms with Crippen LogP contribution in [0.1, 0.15) is 28.4 Å². The number of nitrogens with one attached hydrogen (secondary N) is 1. The molecule has 2 aromatic carbocycles. The highest BCUT2D eigenvalue weighted by Crippen LogP contribution is 2.26. The normalized spacial score (nSPS) is 10.8. The van der Waals surface area contributed by atoms with Gasteiger partial charge < -0.3 is 10.4 Å². The molecule has 0 aliphatic rings. The molecule has 1 amide bonds. The molecule has 0 spiro atoms. The first-order valence-electron chi connectivity index (χ1n) is 9.73. The topological polar surface area (TPSA) is 84.2 Å². The standard InChI is InChI=1S/C24H21N3O3/c1-2-16-10-12-18(13-11-16)26-23(29)20-21(28)19-9-6-14-25-22(19)27(24(20)30)15-17-7-4-3-5-8-17/h3-14,28H,2,15H2,1H3,(H,26,29). The molecule has 0 saturated heterocycles. The Labute approximate surface area is 173 Å². The van der Waals surface area contributed by atoms with Crippen LogP contribution in [0.15, 0.2) is 77.7 Å². The Hall–Kier alpha value is -3.93. The minimum Gasteiger partial charge on any atom is -0.506 e. The summed E-state index contributed by atoms with van der Waals surface area (Å²) >= 11 is 0. The van der Waals surface area contributed by atoms with E-state index in [0.29, 0.717) is 16.7 Å². The molecule has 4 aromatic rings. The van der Waals surface area contributed by atoms with Gasteiger partial charge in [-0.05, 0) is 41.8 Å². The number of rotatable bonds is 5. The Morgan fingerprint density at radius 2 is 1.73 bits per heavy atom. The predicted molar refractivity (Wildman–Crippen MR) is 117 cm³/mol. The zero-order chi connectivity index (χ0) is 21.1. The Morgan fingerprint density at radius 1 is 1.00 bits per heavy atom. The monoisotopic (exact) mass is 399 g/mol. The molecule has 2 aromatic heterocycles. The van der Waals surface area contributed by atoms with E-state index in [-0.39, 0.29) is 17.9 Å². The summed E-state index contributed by atoms with van der Waals surface area (Å²) in [6, 6.07) is 20.1.